The average molecular weight is 345 g/mol. The maximum Gasteiger partial charge on any atom is 0.146 e. The van der Waals surface area contributed by atoms with Crippen LogP contribution in [0.1, 0.15) is 18.5 Å². The Morgan fingerprint density at radius 2 is 2.00 bits per heavy atom. The molecule has 2 nitrogen and oxygen atoms in total. The molecule has 2 aromatic carbocycles. The predicted octanol–water partition coefficient (Wildman–Crippen LogP) is 5.05. The Balaban J connectivity index is 2.41. The SMILES string of the molecule is CC(N)c1c(F)cccc1Oc1ccc(Br)cc1Cl. The molecule has 0 saturated carbocycles. The first-order valence-corrected chi connectivity index (χ1v) is 6.83. The zero-order valence-electron chi connectivity index (χ0n) is 10.2. The molecule has 1 unspecified atom stereocenters. The van der Waals surface area contributed by atoms with Crippen molar-refractivity contribution in [3.05, 3.63) is 57.3 Å². The van der Waals surface area contributed by atoms with Crippen LogP contribution in [0.3, 0.4) is 0 Å². The first-order valence-electron chi connectivity index (χ1n) is 5.66. The summed E-state index contributed by atoms with van der Waals surface area (Å²) in [6, 6.07) is 9.35. The highest BCUT2D eigenvalue weighted by atomic mass is 79.9. The first kappa shape index (κ1) is 14.3. The van der Waals surface area contributed by atoms with E-state index in [0.29, 0.717) is 22.1 Å². The molecular formula is C14H12BrClFNO. The monoisotopic (exact) mass is 343 g/mol. The van der Waals surface area contributed by atoms with Crippen LogP contribution in [0, 0.1) is 5.82 Å². The van der Waals surface area contributed by atoms with Gasteiger partial charge in [0.2, 0.25) is 0 Å². The first-order chi connectivity index (χ1) is 8.99. The molecule has 0 spiro atoms. The van der Waals surface area contributed by atoms with E-state index in [4.69, 9.17) is 22.1 Å². The van der Waals surface area contributed by atoms with Crippen molar-refractivity contribution in [2.45, 2.75) is 13.0 Å². The normalized spacial score (nSPS) is 12.3. The predicted molar refractivity (Wildman–Crippen MR) is 78.2 cm³/mol. The minimum atomic E-state index is -0.467. The molecule has 2 rings (SSSR count). The van der Waals surface area contributed by atoms with Gasteiger partial charge in [-0.05, 0) is 37.3 Å². The maximum absolute atomic E-state index is 13.8. The summed E-state index contributed by atoms with van der Waals surface area (Å²) >= 11 is 9.38. The topological polar surface area (TPSA) is 35.2 Å². The van der Waals surface area contributed by atoms with Crippen molar-refractivity contribution < 1.29 is 9.13 Å². The molecule has 19 heavy (non-hydrogen) atoms. The summed E-state index contributed by atoms with van der Waals surface area (Å²) in [5.41, 5.74) is 6.11. The molecule has 0 radical (unpaired) electrons. The lowest BCUT2D eigenvalue weighted by Crippen LogP contribution is -2.09. The summed E-state index contributed by atoms with van der Waals surface area (Å²) in [5, 5.41) is 0.439. The Morgan fingerprint density at radius 3 is 2.63 bits per heavy atom. The van der Waals surface area contributed by atoms with E-state index < -0.39 is 6.04 Å². The van der Waals surface area contributed by atoms with Crippen LogP contribution in [0.5, 0.6) is 11.5 Å². The molecule has 0 amide bonds. The summed E-state index contributed by atoms with van der Waals surface area (Å²) in [4.78, 5) is 0. The molecule has 2 N–H and O–H groups in total. The quantitative estimate of drug-likeness (QED) is 0.845. The number of ether oxygens (including phenoxy) is 1. The fourth-order valence-electron chi connectivity index (χ4n) is 1.72. The van der Waals surface area contributed by atoms with Gasteiger partial charge in [-0.2, -0.15) is 0 Å². The highest BCUT2D eigenvalue weighted by molar-refractivity contribution is 9.10. The largest absolute Gasteiger partial charge is 0.455 e. The lowest BCUT2D eigenvalue weighted by Gasteiger charge is -2.15. The minimum Gasteiger partial charge on any atom is -0.455 e. The van der Waals surface area contributed by atoms with Gasteiger partial charge in [-0.1, -0.05) is 33.6 Å². The van der Waals surface area contributed by atoms with Gasteiger partial charge in [-0.15, -0.1) is 0 Å². The van der Waals surface area contributed by atoms with Crippen molar-refractivity contribution in [1.82, 2.24) is 0 Å². The Bertz CT molecular complexity index is 604. The molecule has 0 aliphatic rings. The Kier molecular flexibility index (Phi) is 4.45. The third-order valence-corrected chi connectivity index (χ3v) is 3.37. The zero-order chi connectivity index (χ0) is 14.0. The van der Waals surface area contributed by atoms with Crippen LogP contribution in [-0.2, 0) is 0 Å². The highest BCUT2D eigenvalue weighted by Gasteiger charge is 2.15. The summed E-state index contributed by atoms with van der Waals surface area (Å²) in [5.74, 6) is 0.442. The van der Waals surface area contributed by atoms with E-state index in [1.807, 2.05) is 0 Å². The van der Waals surface area contributed by atoms with Gasteiger partial charge in [-0.25, -0.2) is 4.39 Å². The Labute approximate surface area is 124 Å². The maximum atomic E-state index is 13.8. The molecule has 1 atom stereocenters. The molecule has 0 aromatic heterocycles. The number of nitrogens with two attached hydrogens (primary N) is 1. The molecule has 0 heterocycles. The molecule has 100 valence electrons. The van der Waals surface area contributed by atoms with Crippen LogP contribution < -0.4 is 10.5 Å². The fourth-order valence-corrected chi connectivity index (χ4v) is 2.44. The van der Waals surface area contributed by atoms with Crippen LogP contribution in [-0.4, -0.2) is 0 Å². The third-order valence-electron chi connectivity index (χ3n) is 2.58. The van der Waals surface area contributed by atoms with Gasteiger partial charge in [0.1, 0.15) is 17.3 Å². The second-order valence-corrected chi connectivity index (χ2v) is 5.44. The van der Waals surface area contributed by atoms with Gasteiger partial charge in [-0.3, -0.25) is 0 Å². The van der Waals surface area contributed by atoms with Crippen molar-refractivity contribution in [3.8, 4) is 11.5 Å². The van der Waals surface area contributed by atoms with Crippen molar-refractivity contribution in [2.75, 3.05) is 0 Å². The number of hydrogen-bond donors (Lipinski definition) is 1. The van der Waals surface area contributed by atoms with E-state index >= 15 is 0 Å². The van der Waals surface area contributed by atoms with Gasteiger partial charge >= 0.3 is 0 Å². The van der Waals surface area contributed by atoms with E-state index in [0.717, 1.165) is 4.47 Å². The molecular weight excluding hydrogens is 333 g/mol. The molecule has 0 fully saturated rings. The molecule has 0 aliphatic heterocycles. The Hall–Kier alpha value is -1.10. The van der Waals surface area contributed by atoms with Crippen molar-refractivity contribution in [1.29, 1.82) is 0 Å². The smallest absolute Gasteiger partial charge is 0.146 e. The van der Waals surface area contributed by atoms with E-state index in [1.54, 1.807) is 37.3 Å². The second kappa shape index (κ2) is 5.90. The fraction of sp³-hybridized carbons (Fsp3) is 0.143. The van der Waals surface area contributed by atoms with E-state index in [9.17, 15) is 4.39 Å². The number of halogens is 3. The molecule has 0 saturated heterocycles. The molecule has 0 bridgehead atoms. The van der Waals surface area contributed by atoms with Crippen LogP contribution >= 0.6 is 27.5 Å². The van der Waals surface area contributed by atoms with Gasteiger partial charge in [0.05, 0.1) is 5.02 Å². The van der Waals surface area contributed by atoms with Crippen LogP contribution in [0.4, 0.5) is 4.39 Å². The summed E-state index contributed by atoms with van der Waals surface area (Å²) in [6.07, 6.45) is 0. The summed E-state index contributed by atoms with van der Waals surface area (Å²) < 4.78 is 20.3. The standard InChI is InChI=1S/C14H12BrClFNO/c1-8(18)14-11(17)3-2-4-13(14)19-12-6-5-9(15)7-10(12)16/h2-8H,18H2,1H3. The summed E-state index contributed by atoms with van der Waals surface area (Å²) in [6.45, 7) is 1.70. The number of rotatable bonds is 3. The molecule has 5 heteroatoms. The average Bonchev–Trinajstić information content (AvgIpc) is 2.32. The zero-order valence-corrected chi connectivity index (χ0v) is 12.5. The van der Waals surface area contributed by atoms with Crippen molar-refractivity contribution in [2.24, 2.45) is 5.73 Å². The van der Waals surface area contributed by atoms with Crippen molar-refractivity contribution >= 4 is 27.5 Å². The molecule has 0 aliphatic carbocycles. The van der Waals surface area contributed by atoms with Crippen LogP contribution in [0.25, 0.3) is 0 Å². The van der Waals surface area contributed by atoms with Gasteiger partial charge < -0.3 is 10.5 Å². The minimum absolute atomic E-state index is 0.335. The van der Waals surface area contributed by atoms with E-state index in [2.05, 4.69) is 15.9 Å². The summed E-state index contributed by atoms with van der Waals surface area (Å²) in [7, 11) is 0. The lowest BCUT2D eigenvalue weighted by molar-refractivity contribution is 0.461. The van der Waals surface area contributed by atoms with Gasteiger partial charge in [0.15, 0.2) is 0 Å². The Morgan fingerprint density at radius 1 is 1.26 bits per heavy atom. The van der Waals surface area contributed by atoms with Gasteiger partial charge in [0.25, 0.3) is 0 Å². The van der Waals surface area contributed by atoms with Crippen molar-refractivity contribution in [3.63, 3.8) is 0 Å². The second-order valence-electron chi connectivity index (χ2n) is 4.12. The number of hydrogen-bond acceptors (Lipinski definition) is 2. The third kappa shape index (κ3) is 3.26. The lowest BCUT2D eigenvalue weighted by atomic mass is 10.1. The van der Waals surface area contributed by atoms with E-state index in [1.165, 1.54) is 6.07 Å². The van der Waals surface area contributed by atoms with E-state index in [-0.39, 0.29) is 5.82 Å². The highest BCUT2D eigenvalue weighted by Crippen LogP contribution is 2.35. The van der Waals surface area contributed by atoms with Crippen LogP contribution in [0.2, 0.25) is 5.02 Å². The molecule has 2 aromatic rings. The number of benzene rings is 2. The van der Waals surface area contributed by atoms with Gasteiger partial charge in [0, 0.05) is 16.1 Å². The van der Waals surface area contributed by atoms with Crippen LogP contribution in [0.15, 0.2) is 40.9 Å².